The number of fused-ring (bicyclic) bond motifs is 5. The molecule has 0 amide bonds. The Labute approximate surface area is 171 Å². The maximum absolute atomic E-state index is 10.6. The van der Waals surface area contributed by atoms with E-state index in [0.29, 0.717) is 18.0 Å². The minimum Gasteiger partial charge on any atom is -0.475 e. The summed E-state index contributed by atoms with van der Waals surface area (Å²) in [6.45, 7) is 2.01. The monoisotopic (exact) mass is 445 g/mol. The summed E-state index contributed by atoms with van der Waals surface area (Å²) in [6, 6.07) is 7.00. The van der Waals surface area contributed by atoms with Gasteiger partial charge in [0.25, 0.3) is 0 Å². The van der Waals surface area contributed by atoms with Crippen LogP contribution in [0.25, 0.3) is 20.3 Å². The van der Waals surface area contributed by atoms with Crippen LogP contribution >= 0.6 is 22.9 Å². The van der Waals surface area contributed by atoms with Crippen LogP contribution in [0, 0.1) is 0 Å². The number of carboxylic acids is 1. The maximum Gasteiger partial charge on any atom is 0.490 e. The first-order valence-electron chi connectivity index (χ1n) is 8.59. The molecule has 4 N–H and O–H groups in total. The number of hydrogen-bond acceptors (Lipinski definition) is 7. The fourth-order valence-electron chi connectivity index (χ4n) is 3.63. The lowest BCUT2D eigenvalue weighted by atomic mass is 10.2. The Bertz CT molecular complexity index is 1110. The molecule has 12 heteroatoms. The molecule has 2 aliphatic rings. The fraction of sp³-hybridized carbons (Fsp3) is 0.353. The van der Waals surface area contributed by atoms with Crippen molar-refractivity contribution < 1.29 is 23.1 Å². The molecular formula is C17H15ClF3N5O2S. The summed E-state index contributed by atoms with van der Waals surface area (Å²) >= 11 is 7.86. The van der Waals surface area contributed by atoms with E-state index >= 15 is 0 Å². The Morgan fingerprint density at radius 3 is 2.69 bits per heavy atom. The van der Waals surface area contributed by atoms with Gasteiger partial charge in [-0.2, -0.15) is 18.2 Å². The molecule has 7 nitrogen and oxygen atoms in total. The van der Waals surface area contributed by atoms with Crippen molar-refractivity contribution in [3.63, 3.8) is 0 Å². The van der Waals surface area contributed by atoms with E-state index in [9.17, 15) is 13.2 Å². The number of piperazine rings is 1. The van der Waals surface area contributed by atoms with Crippen molar-refractivity contribution in [3.8, 4) is 0 Å². The molecule has 3 aromatic rings. The van der Waals surface area contributed by atoms with Crippen LogP contribution in [-0.2, 0) is 4.79 Å². The summed E-state index contributed by atoms with van der Waals surface area (Å²) in [7, 11) is 0. The molecule has 2 bridgehead atoms. The topological polar surface area (TPSA) is 104 Å². The second-order valence-electron chi connectivity index (χ2n) is 6.78. The first-order valence-corrected chi connectivity index (χ1v) is 9.78. The van der Waals surface area contributed by atoms with Gasteiger partial charge in [-0.05, 0) is 24.6 Å². The third-order valence-corrected chi connectivity index (χ3v) is 6.24. The highest BCUT2D eigenvalue weighted by Gasteiger charge is 2.39. The fourth-order valence-corrected chi connectivity index (χ4v) is 4.93. The van der Waals surface area contributed by atoms with Gasteiger partial charge in [0.15, 0.2) is 5.82 Å². The van der Waals surface area contributed by atoms with E-state index < -0.39 is 12.1 Å². The van der Waals surface area contributed by atoms with Crippen LogP contribution in [0.2, 0.25) is 5.02 Å². The van der Waals surface area contributed by atoms with Gasteiger partial charge in [-0.3, -0.25) is 0 Å². The Balaban J connectivity index is 0.000000255. The lowest BCUT2D eigenvalue weighted by Crippen LogP contribution is -2.44. The number of benzene rings is 1. The zero-order chi connectivity index (χ0) is 20.9. The second-order valence-corrected chi connectivity index (χ2v) is 8.26. The van der Waals surface area contributed by atoms with Crippen LogP contribution in [0.4, 0.5) is 24.9 Å². The number of carboxylic acid groups (broad SMARTS) is 1. The van der Waals surface area contributed by atoms with Crippen molar-refractivity contribution in [3.05, 3.63) is 23.2 Å². The van der Waals surface area contributed by atoms with Gasteiger partial charge >= 0.3 is 12.1 Å². The third kappa shape index (κ3) is 3.77. The largest absolute Gasteiger partial charge is 0.490 e. The minimum absolute atomic E-state index is 0.331. The SMILES string of the molecule is Nc1nc(N2CC3CC2CN3)c2sc3ccc(Cl)cc3c2n1.O=C(O)C(F)(F)F. The molecule has 0 spiro atoms. The molecule has 1 aromatic carbocycles. The van der Waals surface area contributed by atoms with Gasteiger partial charge in [-0.25, -0.2) is 9.78 Å². The van der Waals surface area contributed by atoms with Crippen LogP contribution in [-0.4, -0.2) is 52.4 Å². The smallest absolute Gasteiger partial charge is 0.475 e. The van der Waals surface area contributed by atoms with Gasteiger partial charge in [0.05, 0.1) is 10.2 Å². The second kappa shape index (κ2) is 7.15. The molecular weight excluding hydrogens is 431 g/mol. The van der Waals surface area contributed by atoms with Crippen LogP contribution in [0.1, 0.15) is 6.42 Å². The summed E-state index contributed by atoms with van der Waals surface area (Å²) in [6.07, 6.45) is -3.90. The van der Waals surface area contributed by atoms with Crippen LogP contribution < -0.4 is 16.0 Å². The number of nitrogens with one attached hydrogen (secondary N) is 1. The highest BCUT2D eigenvalue weighted by atomic mass is 35.5. The van der Waals surface area contributed by atoms with Crippen molar-refractivity contribution in [2.45, 2.75) is 24.7 Å². The van der Waals surface area contributed by atoms with E-state index in [1.807, 2.05) is 18.2 Å². The molecule has 5 rings (SSSR count). The maximum atomic E-state index is 10.6. The van der Waals surface area contributed by atoms with Gasteiger partial charge in [-0.1, -0.05) is 11.6 Å². The number of carbonyl (C=O) groups is 1. The Morgan fingerprint density at radius 2 is 2.10 bits per heavy atom. The number of hydrogen-bond donors (Lipinski definition) is 3. The predicted octanol–water partition coefficient (Wildman–Crippen LogP) is 3.26. The number of rotatable bonds is 1. The Morgan fingerprint density at radius 1 is 1.38 bits per heavy atom. The summed E-state index contributed by atoms with van der Waals surface area (Å²) in [5, 5.41) is 12.4. The summed E-state index contributed by atoms with van der Waals surface area (Å²) < 4.78 is 34.0. The van der Waals surface area contributed by atoms with Gasteiger partial charge in [0.1, 0.15) is 0 Å². The minimum atomic E-state index is -5.08. The molecule has 2 fully saturated rings. The van der Waals surface area contributed by atoms with Crippen molar-refractivity contribution >= 4 is 61.0 Å². The number of thiophene rings is 1. The Kier molecular flexibility index (Phi) is 4.91. The van der Waals surface area contributed by atoms with Gasteiger partial charge < -0.3 is 21.1 Å². The first-order chi connectivity index (χ1) is 13.6. The highest BCUT2D eigenvalue weighted by Crippen LogP contribution is 2.41. The number of aliphatic carboxylic acids is 1. The van der Waals surface area contributed by atoms with E-state index in [-0.39, 0.29) is 0 Å². The van der Waals surface area contributed by atoms with Gasteiger partial charge in [-0.15, -0.1) is 11.3 Å². The van der Waals surface area contributed by atoms with E-state index in [4.69, 9.17) is 27.2 Å². The van der Waals surface area contributed by atoms with Gasteiger partial charge in [0.2, 0.25) is 5.95 Å². The average molecular weight is 446 g/mol. The summed E-state index contributed by atoms with van der Waals surface area (Å²) in [4.78, 5) is 20.3. The molecule has 2 saturated heterocycles. The van der Waals surface area contributed by atoms with Crippen molar-refractivity contribution in [2.24, 2.45) is 0 Å². The van der Waals surface area contributed by atoms with Gasteiger partial charge in [0, 0.05) is 40.3 Å². The number of anilines is 2. The third-order valence-electron chi connectivity index (χ3n) is 4.84. The van der Waals surface area contributed by atoms with Crippen molar-refractivity contribution in [2.75, 3.05) is 23.7 Å². The highest BCUT2D eigenvalue weighted by molar-refractivity contribution is 7.26. The molecule has 29 heavy (non-hydrogen) atoms. The lowest BCUT2D eigenvalue weighted by molar-refractivity contribution is -0.192. The van der Waals surface area contributed by atoms with Crippen LogP contribution in [0.3, 0.4) is 0 Å². The summed E-state index contributed by atoms with van der Waals surface area (Å²) in [5.41, 5.74) is 6.90. The average Bonchev–Trinajstić information content (AvgIpc) is 3.35. The quantitative estimate of drug-likeness (QED) is 0.528. The molecule has 154 valence electrons. The first kappa shape index (κ1) is 19.9. The number of aromatic nitrogens is 2. The zero-order valence-electron chi connectivity index (χ0n) is 14.7. The lowest BCUT2D eigenvalue weighted by Gasteiger charge is -2.28. The number of halogens is 4. The number of alkyl halides is 3. The van der Waals surface area contributed by atoms with E-state index in [2.05, 4.69) is 20.2 Å². The predicted molar refractivity (Wildman–Crippen MR) is 106 cm³/mol. The number of nitrogens with two attached hydrogens (primary N) is 1. The van der Waals surface area contributed by atoms with Crippen molar-refractivity contribution in [1.29, 1.82) is 0 Å². The van der Waals surface area contributed by atoms with Crippen molar-refractivity contribution in [1.82, 2.24) is 15.3 Å². The molecule has 0 saturated carbocycles. The molecule has 4 heterocycles. The molecule has 0 radical (unpaired) electrons. The van der Waals surface area contributed by atoms with E-state index in [1.165, 1.54) is 11.1 Å². The molecule has 0 aliphatic carbocycles. The molecule has 2 unspecified atom stereocenters. The zero-order valence-corrected chi connectivity index (χ0v) is 16.3. The Hall–Kier alpha value is -2.37. The van der Waals surface area contributed by atoms with E-state index in [1.54, 1.807) is 11.3 Å². The van der Waals surface area contributed by atoms with Crippen LogP contribution in [0.15, 0.2) is 18.2 Å². The molecule has 2 aliphatic heterocycles. The normalized spacial score (nSPS) is 20.9. The number of nitrogens with zero attached hydrogens (tertiary/aromatic N) is 3. The van der Waals surface area contributed by atoms with E-state index in [0.717, 1.165) is 39.5 Å². The summed E-state index contributed by atoms with van der Waals surface area (Å²) in [5.74, 6) is -1.45. The molecule has 2 aromatic heterocycles. The number of nitrogen functional groups attached to an aromatic ring is 1. The molecule has 2 atom stereocenters. The standard InChI is InChI=1S/C15H14ClN5S.C2HF3O2/c16-7-1-2-11-10(3-7)12-13(22-11)14(20-15(17)19-12)21-6-8-4-9(21)5-18-8;3-2(4,5)1(6)7/h1-3,8-9,18H,4-6H2,(H2,17,19,20);(H,6,7). The van der Waals surface area contributed by atoms with Crippen LogP contribution in [0.5, 0.6) is 0 Å².